The maximum absolute atomic E-state index is 10.5. The maximum Gasteiger partial charge on any atom is 1.00 e. The van der Waals surface area contributed by atoms with Crippen molar-refractivity contribution in [2.45, 2.75) is 31.3 Å². The molecule has 4 atom stereocenters. The van der Waals surface area contributed by atoms with Gasteiger partial charge in [-0.1, -0.05) is 0 Å². The van der Waals surface area contributed by atoms with Crippen LogP contribution in [0.3, 0.4) is 0 Å². The Hall–Kier alpha value is -0.0200. The summed E-state index contributed by atoms with van der Waals surface area (Å²) in [6.45, 7) is 0.321. The summed E-state index contributed by atoms with van der Waals surface area (Å²) in [5.74, 6) is -0.763. The minimum absolute atomic E-state index is 0. The Morgan fingerprint density at radius 1 is 1.38 bits per heavy atom. The van der Waals surface area contributed by atoms with Gasteiger partial charge in [-0.3, -0.25) is 4.79 Å². The Bertz CT molecular complexity index is 228. The molecule has 0 radical (unpaired) electrons. The molecule has 0 saturated heterocycles. The van der Waals surface area contributed by atoms with Crippen molar-refractivity contribution >= 4 is 12.3 Å². The number of hydrogen-bond acceptors (Lipinski definition) is 7. The molecule has 0 aromatic heterocycles. The van der Waals surface area contributed by atoms with Crippen LogP contribution in [0.5, 0.6) is 0 Å². The zero-order valence-corrected chi connectivity index (χ0v) is 11.1. The zero-order chi connectivity index (χ0) is 12.0. The first-order valence-electron chi connectivity index (χ1n) is 4.21. The van der Waals surface area contributed by atoms with Crippen LogP contribution in [0.2, 0.25) is 0 Å². The molecule has 0 heterocycles. The minimum Gasteiger partial charge on any atom is -1.00 e. The van der Waals surface area contributed by atoms with Gasteiger partial charge < -0.3 is 31.4 Å². The van der Waals surface area contributed by atoms with Gasteiger partial charge in [0.1, 0.15) is 18.3 Å². The Morgan fingerprint density at radius 3 is 2.19 bits per heavy atom. The predicted octanol–water partition coefficient (Wildman–Crippen LogP) is -5.69. The number of rotatable bonds is 6. The summed E-state index contributed by atoms with van der Waals surface area (Å²) in [6, 6.07) is 0. The third-order valence-corrected chi connectivity index (χ3v) is 1.72. The average Bonchev–Trinajstić information content (AvgIpc) is 2.22. The minimum atomic E-state index is -1.82. The predicted molar refractivity (Wildman–Crippen MR) is 47.8 cm³/mol. The van der Waals surface area contributed by atoms with Crippen LogP contribution in [0.15, 0.2) is 0 Å². The molecule has 0 spiro atoms. The van der Waals surface area contributed by atoms with E-state index in [4.69, 9.17) is 15.3 Å². The number of carbonyl (C=O) groups is 2. The number of aliphatic hydroxyl groups is 4. The number of hydrogen-bond donors (Lipinski definition) is 4. The smallest absolute Gasteiger partial charge is 1.00 e. The first-order valence-corrected chi connectivity index (χ1v) is 4.21. The molecular formula is C8H15NaO7. The van der Waals surface area contributed by atoms with E-state index in [-0.39, 0.29) is 37.3 Å². The molecule has 0 bridgehead atoms. The van der Waals surface area contributed by atoms with Crippen LogP contribution in [0, 0.1) is 0 Å². The molecule has 90 valence electrons. The second-order valence-electron chi connectivity index (χ2n) is 2.94. The largest absolute Gasteiger partial charge is 1.00 e. The van der Waals surface area contributed by atoms with Crippen LogP contribution >= 0.6 is 0 Å². The molecule has 0 saturated carbocycles. The van der Waals surface area contributed by atoms with E-state index in [0.29, 0.717) is 0 Å². The summed E-state index contributed by atoms with van der Waals surface area (Å²) in [6.07, 6.45) is -6.72. The number of aldehydes is 1. The fraction of sp³-hybridized carbons (Fsp3) is 0.750. The molecular weight excluding hydrogens is 231 g/mol. The Morgan fingerprint density at radius 2 is 1.88 bits per heavy atom. The molecule has 0 aromatic carbocycles. The van der Waals surface area contributed by atoms with E-state index in [1.807, 2.05) is 0 Å². The van der Waals surface area contributed by atoms with Gasteiger partial charge in [-0.25, -0.2) is 0 Å². The van der Waals surface area contributed by atoms with Crippen molar-refractivity contribution in [3.8, 4) is 0 Å². The van der Waals surface area contributed by atoms with Crippen molar-refractivity contribution in [1.29, 1.82) is 0 Å². The Kier molecular flexibility index (Phi) is 10.4. The van der Waals surface area contributed by atoms with Gasteiger partial charge in [0, 0.05) is 6.92 Å². The molecule has 0 aliphatic rings. The van der Waals surface area contributed by atoms with Crippen molar-refractivity contribution in [1.82, 2.24) is 0 Å². The van der Waals surface area contributed by atoms with Gasteiger partial charge in [0.25, 0.3) is 0 Å². The van der Waals surface area contributed by atoms with Gasteiger partial charge in [-0.15, -0.1) is 0 Å². The second kappa shape index (κ2) is 9.06. The normalized spacial score (nSPS) is 17.6. The molecule has 0 unspecified atom stereocenters. The van der Waals surface area contributed by atoms with Gasteiger partial charge >= 0.3 is 35.5 Å². The summed E-state index contributed by atoms with van der Waals surface area (Å²) in [5.41, 5.74) is 0. The van der Waals surface area contributed by atoms with Gasteiger partial charge in [0.2, 0.25) is 0 Å². The van der Waals surface area contributed by atoms with E-state index in [0.717, 1.165) is 6.92 Å². The molecule has 0 aliphatic carbocycles. The number of esters is 1. The van der Waals surface area contributed by atoms with Gasteiger partial charge in [-0.05, 0) is 0 Å². The van der Waals surface area contributed by atoms with E-state index in [2.05, 4.69) is 4.74 Å². The average molecular weight is 246 g/mol. The van der Waals surface area contributed by atoms with Gasteiger partial charge in [0.05, 0.1) is 6.61 Å². The molecule has 0 aromatic rings. The van der Waals surface area contributed by atoms with Crippen LogP contribution in [0.4, 0.5) is 0 Å². The maximum atomic E-state index is 10.5. The second-order valence-corrected chi connectivity index (χ2v) is 2.94. The van der Waals surface area contributed by atoms with Crippen LogP contribution in [-0.2, 0) is 14.3 Å². The first-order chi connectivity index (χ1) is 6.93. The summed E-state index contributed by atoms with van der Waals surface area (Å²) >= 11 is 0. The topological polar surface area (TPSA) is 124 Å². The van der Waals surface area contributed by atoms with Crippen molar-refractivity contribution in [2.24, 2.45) is 0 Å². The number of ether oxygens (including phenoxy) is 1. The SMILES string of the molecule is CC(=O)O[C@@H](CO)[C@@H](O)[C@H](O)[C@@H](O)C=O.[H-].[Na+]. The summed E-state index contributed by atoms with van der Waals surface area (Å²) < 4.78 is 4.45. The monoisotopic (exact) mass is 246 g/mol. The van der Waals surface area contributed by atoms with Crippen LogP contribution < -0.4 is 29.6 Å². The van der Waals surface area contributed by atoms with Crippen molar-refractivity contribution < 1.29 is 65.7 Å². The molecule has 0 fully saturated rings. The zero-order valence-electron chi connectivity index (χ0n) is 10.1. The molecule has 0 rings (SSSR count). The van der Waals surface area contributed by atoms with E-state index in [9.17, 15) is 14.7 Å². The number of aliphatic hydroxyl groups excluding tert-OH is 4. The van der Waals surface area contributed by atoms with Crippen LogP contribution in [0.1, 0.15) is 8.35 Å². The third-order valence-electron chi connectivity index (χ3n) is 1.72. The Balaban J connectivity index is -0.000000980. The third kappa shape index (κ3) is 5.90. The fourth-order valence-corrected chi connectivity index (χ4v) is 0.931. The van der Waals surface area contributed by atoms with Gasteiger partial charge in [-0.2, -0.15) is 0 Å². The standard InChI is InChI=1S/C8H14O7.Na.H/c1-4(11)15-6(3-10)8(14)7(13)5(12)2-9;;/h2,5-8,10,12-14H,3H2,1H3;;/q;+1;-1/t5-,6-,7+,8+;;/m0../s1. The summed E-state index contributed by atoms with van der Waals surface area (Å²) in [5, 5.41) is 36.1. The van der Waals surface area contributed by atoms with Crippen molar-refractivity contribution in [3.63, 3.8) is 0 Å². The van der Waals surface area contributed by atoms with Crippen LogP contribution in [-0.4, -0.2) is 63.7 Å². The van der Waals surface area contributed by atoms with Crippen molar-refractivity contribution in [2.75, 3.05) is 6.61 Å². The fourth-order valence-electron chi connectivity index (χ4n) is 0.931. The molecule has 4 N–H and O–H groups in total. The van der Waals surface area contributed by atoms with E-state index >= 15 is 0 Å². The molecule has 0 amide bonds. The van der Waals surface area contributed by atoms with Crippen molar-refractivity contribution in [3.05, 3.63) is 0 Å². The summed E-state index contributed by atoms with van der Waals surface area (Å²) in [4.78, 5) is 20.6. The van der Waals surface area contributed by atoms with E-state index in [1.165, 1.54) is 0 Å². The van der Waals surface area contributed by atoms with E-state index in [1.54, 1.807) is 0 Å². The quantitative estimate of drug-likeness (QED) is 0.209. The molecule has 7 nitrogen and oxygen atoms in total. The number of carbonyl (C=O) groups excluding carboxylic acids is 2. The first kappa shape index (κ1) is 18.3. The van der Waals surface area contributed by atoms with Crippen LogP contribution in [0.25, 0.3) is 0 Å². The summed E-state index contributed by atoms with van der Waals surface area (Å²) in [7, 11) is 0. The van der Waals surface area contributed by atoms with Gasteiger partial charge in [0.15, 0.2) is 12.4 Å². The van der Waals surface area contributed by atoms with E-state index < -0.39 is 37.0 Å². The molecule has 16 heavy (non-hydrogen) atoms. The molecule has 8 heteroatoms. The molecule has 0 aliphatic heterocycles. The Labute approximate surface area is 116 Å².